The third kappa shape index (κ3) is 3.70. The number of H-pyrrole nitrogens is 1. The van der Waals surface area contributed by atoms with Crippen LogP contribution in [0.4, 0.5) is 0 Å². The van der Waals surface area contributed by atoms with Crippen LogP contribution in [0.25, 0.3) is 20.3 Å². The lowest BCUT2D eigenvalue weighted by Crippen LogP contribution is -2.46. The van der Waals surface area contributed by atoms with E-state index in [9.17, 15) is 9.59 Å². The Hall–Kier alpha value is -2.81. The number of benzene rings is 2. The van der Waals surface area contributed by atoms with Crippen LogP contribution >= 0.6 is 23.7 Å². The molecule has 0 aliphatic carbocycles. The number of aromatic nitrogens is 2. The Bertz CT molecular complexity index is 1460. The van der Waals surface area contributed by atoms with Crippen LogP contribution in [0.1, 0.15) is 17.9 Å². The van der Waals surface area contributed by atoms with E-state index >= 15 is 0 Å². The van der Waals surface area contributed by atoms with E-state index in [2.05, 4.69) is 9.88 Å². The summed E-state index contributed by atoms with van der Waals surface area (Å²) in [6, 6.07) is 13.8. The van der Waals surface area contributed by atoms with E-state index in [1.807, 2.05) is 42.5 Å². The second kappa shape index (κ2) is 9.09. The number of fused-ring (bicyclic) bond motifs is 6. The predicted octanol–water partition coefficient (Wildman–Crippen LogP) is 3.83. The Labute approximate surface area is 206 Å². The molecule has 34 heavy (non-hydrogen) atoms. The van der Waals surface area contributed by atoms with Gasteiger partial charge in [-0.15, -0.1) is 23.7 Å². The monoisotopic (exact) mass is 499 g/mol. The lowest BCUT2D eigenvalue weighted by molar-refractivity contribution is 0.0890. The van der Waals surface area contributed by atoms with Gasteiger partial charge < -0.3 is 19.4 Å². The minimum absolute atomic E-state index is 0. The molecule has 1 N–H and O–H groups in total. The third-order valence-electron chi connectivity index (χ3n) is 7.04. The number of ether oxygens (including phenoxy) is 2. The summed E-state index contributed by atoms with van der Waals surface area (Å²) in [4.78, 5) is 31.2. The van der Waals surface area contributed by atoms with Crippen molar-refractivity contribution in [1.82, 2.24) is 14.5 Å². The van der Waals surface area contributed by atoms with Gasteiger partial charge in [0.2, 0.25) is 0 Å². The highest BCUT2D eigenvalue weighted by Crippen LogP contribution is 2.46. The number of nitrogens with one attached hydrogen (secondary N) is 1. The highest BCUT2D eigenvalue weighted by atomic mass is 35.5. The molecule has 0 spiro atoms. The van der Waals surface area contributed by atoms with Crippen LogP contribution < -0.4 is 20.7 Å². The molecule has 0 amide bonds. The average molecular weight is 500 g/mol. The smallest absolute Gasteiger partial charge is 0.328 e. The Morgan fingerprint density at radius 2 is 2.00 bits per heavy atom. The topological polar surface area (TPSA) is 76.6 Å². The van der Waals surface area contributed by atoms with E-state index in [0.717, 1.165) is 41.1 Å². The van der Waals surface area contributed by atoms with Gasteiger partial charge in [-0.2, -0.15) is 0 Å². The molecule has 0 unspecified atom stereocenters. The quantitative estimate of drug-likeness (QED) is 0.462. The number of likely N-dealkylation sites (tertiary alicyclic amines) is 1. The molecular formula is C25H26ClN3O4S. The molecule has 1 fully saturated rings. The fourth-order valence-corrected chi connectivity index (χ4v) is 6.51. The minimum atomic E-state index is -0.342. The Kier molecular flexibility index (Phi) is 6.14. The Balaban J connectivity index is 0.00000241. The maximum absolute atomic E-state index is 13.1. The van der Waals surface area contributed by atoms with Gasteiger partial charge in [-0.3, -0.25) is 9.36 Å². The van der Waals surface area contributed by atoms with Gasteiger partial charge in [0, 0.05) is 41.2 Å². The van der Waals surface area contributed by atoms with Gasteiger partial charge in [-0.1, -0.05) is 24.3 Å². The molecule has 9 heteroatoms. The van der Waals surface area contributed by atoms with Crippen LogP contribution in [0.15, 0.2) is 52.1 Å². The number of hydrogen-bond acceptors (Lipinski definition) is 6. The van der Waals surface area contributed by atoms with Crippen LogP contribution in [-0.2, 0) is 6.54 Å². The zero-order valence-corrected chi connectivity index (χ0v) is 20.4. The van der Waals surface area contributed by atoms with Crippen molar-refractivity contribution < 1.29 is 9.47 Å². The number of nitrogens with zero attached hydrogens (tertiary/aromatic N) is 2. The number of thiophene rings is 1. The largest absolute Gasteiger partial charge is 0.496 e. The molecule has 0 radical (unpaired) electrons. The maximum Gasteiger partial charge on any atom is 0.328 e. The molecule has 1 saturated heterocycles. The van der Waals surface area contributed by atoms with Crippen LogP contribution in [0.5, 0.6) is 11.5 Å². The van der Waals surface area contributed by atoms with Crippen LogP contribution in [0, 0.1) is 5.92 Å². The standard InChI is InChI=1S/C25H25N3O4S.ClH/c1-31-18-6-4-7-19-21(18)16-9-10-27(13-15(16)14-32-19)11-12-28-24(29)23-22(26-25(28)30)17-5-2-3-8-20(17)33-23;/h2-8,15-16H,9-14H2,1H3,(H,26,30);1H/t15-,16+;/m1./s1. The molecule has 6 rings (SSSR count). The lowest BCUT2D eigenvalue weighted by atomic mass is 9.78. The summed E-state index contributed by atoms with van der Waals surface area (Å²) >= 11 is 1.44. The zero-order valence-electron chi connectivity index (χ0n) is 18.8. The molecule has 0 saturated carbocycles. The van der Waals surface area contributed by atoms with Crippen molar-refractivity contribution in [1.29, 1.82) is 0 Å². The SMILES string of the molecule is COc1cccc2c1[C@H]1CCN(CCn3c(=O)[nH]c4c(sc5ccccc54)c3=O)C[C@@H]1CO2.Cl. The number of hydrogen-bond donors (Lipinski definition) is 1. The van der Waals surface area contributed by atoms with Crippen LogP contribution in [-0.4, -0.2) is 47.8 Å². The van der Waals surface area contributed by atoms with Gasteiger partial charge >= 0.3 is 5.69 Å². The lowest BCUT2D eigenvalue weighted by Gasteiger charge is -2.42. The molecule has 2 aliphatic heterocycles. The van der Waals surface area contributed by atoms with Crippen molar-refractivity contribution in [3.8, 4) is 11.5 Å². The summed E-state index contributed by atoms with van der Waals surface area (Å²) in [5.74, 6) is 2.59. The number of aromatic amines is 1. The summed E-state index contributed by atoms with van der Waals surface area (Å²) in [5.41, 5.74) is 1.28. The van der Waals surface area contributed by atoms with E-state index < -0.39 is 0 Å². The first-order valence-corrected chi connectivity index (χ1v) is 12.1. The molecule has 0 bridgehead atoms. The first-order chi connectivity index (χ1) is 16.1. The molecular weight excluding hydrogens is 474 g/mol. The summed E-state index contributed by atoms with van der Waals surface area (Å²) in [6.45, 7) is 3.49. The van der Waals surface area contributed by atoms with Crippen LogP contribution in [0.2, 0.25) is 0 Å². The highest BCUT2D eigenvalue weighted by molar-refractivity contribution is 7.25. The first kappa shape index (κ1) is 23.0. The molecule has 178 valence electrons. The van der Waals surface area contributed by atoms with Gasteiger partial charge in [0.25, 0.3) is 5.56 Å². The van der Waals surface area contributed by atoms with Crippen LogP contribution in [0.3, 0.4) is 0 Å². The number of piperidine rings is 1. The van der Waals surface area contributed by atoms with Gasteiger partial charge in [-0.25, -0.2) is 4.79 Å². The van der Waals surface area contributed by atoms with E-state index in [-0.39, 0.29) is 23.7 Å². The summed E-state index contributed by atoms with van der Waals surface area (Å²) in [6.07, 6.45) is 1.00. The van der Waals surface area contributed by atoms with E-state index in [1.165, 1.54) is 21.5 Å². The normalized spacial score (nSPS) is 19.8. The van der Waals surface area contributed by atoms with E-state index in [0.29, 0.717) is 41.7 Å². The van der Waals surface area contributed by atoms with Gasteiger partial charge in [0.15, 0.2) is 0 Å². The van der Waals surface area contributed by atoms with E-state index in [4.69, 9.17) is 9.47 Å². The second-order valence-corrected chi connectivity index (χ2v) is 9.88. The molecule has 2 aromatic heterocycles. The fourth-order valence-electron chi connectivity index (χ4n) is 5.40. The number of methoxy groups -OCH3 is 1. The molecule has 7 nitrogen and oxygen atoms in total. The van der Waals surface area contributed by atoms with E-state index in [1.54, 1.807) is 7.11 Å². The Morgan fingerprint density at radius 1 is 1.15 bits per heavy atom. The van der Waals surface area contributed by atoms with Crippen molar-refractivity contribution in [2.45, 2.75) is 18.9 Å². The fraction of sp³-hybridized carbons (Fsp3) is 0.360. The van der Waals surface area contributed by atoms with Crippen molar-refractivity contribution in [3.63, 3.8) is 0 Å². The summed E-state index contributed by atoms with van der Waals surface area (Å²) in [7, 11) is 1.71. The Morgan fingerprint density at radius 3 is 2.85 bits per heavy atom. The van der Waals surface area contributed by atoms with Gasteiger partial charge in [0.05, 0.1) is 19.2 Å². The molecule has 2 atom stereocenters. The predicted molar refractivity (Wildman–Crippen MR) is 137 cm³/mol. The summed E-state index contributed by atoms with van der Waals surface area (Å²) in [5, 5.41) is 0.925. The minimum Gasteiger partial charge on any atom is -0.496 e. The second-order valence-electron chi connectivity index (χ2n) is 8.83. The molecule has 4 aromatic rings. The zero-order chi connectivity index (χ0) is 22.5. The average Bonchev–Trinajstić information content (AvgIpc) is 3.22. The maximum atomic E-state index is 13.1. The molecule has 2 aromatic carbocycles. The van der Waals surface area contributed by atoms with Gasteiger partial charge in [0.1, 0.15) is 16.2 Å². The van der Waals surface area contributed by atoms with Crippen molar-refractivity contribution >= 4 is 44.0 Å². The number of rotatable bonds is 4. The first-order valence-electron chi connectivity index (χ1n) is 11.3. The molecule has 2 aliphatic rings. The van der Waals surface area contributed by atoms with Crippen molar-refractivity contribution in [2.24, 2.45) is 5.92 Å². The summed E-state index contributed by atoms with van der Waals surface area (Å²) < 4.78 is 14.6. The molecule has 4 heterocycles. The van der Waals surface area contributed by atoms with Gasteiger partial charge in [-0.05, 0) is 37.1 Å². The number of halogens is 1. The van der Waals surface area contributed by atoms with Crippen molar-refractivity contribution in [2.75, 3.05) is 33.4 Å². The third-order valence-corrected chi connectivity index (χ3v) is 8.20. The highest BCUT2D eigenvalue weighted by Gasteiger charge is 2.37. The van der Waals surface area contributed by atoms with Crippen molar-refractivity contribution in [3.05, 3.63) is 68.9 Å².